The average Bonchev–Trinajstić information content (AvgIpc) is 3.10. The fourth-order valence-corrected chi connectivity index (χ4v) is 2.67. The van der Waals surface area contributed by atoms with Crippen LogP contribution in [0.3, 0.4) is 0 Å². The summed E-state index contributed by atoms with van der Waals surface area (Å²) < 4.78 is 42.1. The summed E-state index contributed by atoms with van der Waals surface area (Å²) in [7, 11) is 0. The smallest absolute Gasteiger partial charge is 0.416 e. The minimum Gasteiger partial charge on any atom is -0.454 e. The Morgan fingerprint density at radius 2 is 1.82 bits per heavy atom. The lowest BCUT2D eigenvalue weighted by Crippen LogP contribution is -2.32. The minimum atomic E-state index is -4.52. The number of rotatable bonds is 6. The van der Waals surface area contributed by atoms with Crippen LogP contribution >= 0.6 is 11.3 Å². The molecule has 0 saturated heterocycles. The molecular weight excluding hydrogens is 399 g/mol. The van der Waals surface area contributed by atoms with E-state index in [1.807, 2.05) is 6.07 Å². The number of amides is 2. The van der Waals surface area contributed by atoms with Crippen LogP contribution in [0.1, 0.15) is 21.5 Å². The molecule has 2 rings (SSSR count). The van der Waals surface area contributed by atoms with Gasteiger partial charge in [-0.2, -0.15) is 18.4 Å². The van der Waals surface area contributed by atoms with Gasteiger partial charge in [0.05, 0.1) is 11.1 Å². The maximum absolute atomic E-state index is 12.5. The zero-order chi connectivity index (χ0) is 20.7. The van der Waals surface area contributed by atoms with Crippen molar-refractivity contribution < 1.29 is 32.3 Å². The molecule has 7 nitrogen and oxygen atoms in total. The third-order valence-corrected chi connectivity index (χ3v) is 4.10. The van der Waals surface area contributed by atoms with Crippen molar-refractivity contribution in [2.75, 3.05) is 18.5 Å². The lowest BCUT2D eigenvalue weighted by Gasteiger charge is -2.09. The monoisotopic (exact) mass is 411 g/mol. The Bertz CT molecular complexity index is 917. The number of alkyl halides is 3. The van der Waals surface area contributed by atoms with Crippen LogP contribution in [0.2, 0.25) is 0 Å². The number of carbonyl (C=O) groups is 3. The van der Waals surface area contributed by atoms with Crippen molar-refractivity contribution >= 4 is 34.1 Å². The molecule has 0 bridgehead atoms. The van der Waals surface area contributed by atoms with Gasteiger partial charge in [-0.25, -0.2) is 0 Å². The highest BCUT2D eigenvalue weighted by Gasteiger charge is 2.30. The van der Waals surface area contributed by atoms with E-state index in [2.05, 4.69) is 15.4 Å². The maximum Gasteiger partial charge on any atom is 0.416 e. The Morgan fingerprint density at radius 1 is 1.14 bits per heavy atom. The summed E-state index contributed by atoms with van der Waals surface area (Å²) in [5.41, 5.74) is -0.700. The summed E-state index contributed by atoms with van der Waals surface area (Å²) in [6.45, 7) is -1.20. The maximum atomic E-state index is 12.5. The predicted molar refractivity (Wildman–Crippen MR) is 92.4 cm³/mol. The van der Waals surface area contributed by atoms with E-state index in [-0.39, 0.29) is 11.1 Å². The summed E-state index contributed by atoms with van der Waals surface area (Å²) in [5, 5.41) is 15.3. The highest BCUT2D eigenvalue weighted by molar-refractivity contribution is 7.14. The number of benzene rings is 1. The van der Waals surface area contributed by atoms with Gasteiger partial charge in [0.2, 0.25) is 0 Å². The molecule has 146 valence electrons. The first kappa shape index (κ1) is 20.9. The highest BCUT2D eigenvalue weighted by atomic mass is 32.1. The molecule has 0 saturated carbocycles. The molecule has 11 heteroatoms. The Labute approximate surface area is 160 Å². The molecular formula is C17H12F3N3O4S. The quantitative estimate of drug-likeness (QED) is 0.711. The second-order valence-electron chi connectivity index (χ2n) is 5.24. The molecule has 0 spiro atoms. The predicted octanol–water partition coefficient (Wildman–Crippen LogP) is 2.55. The van der Waals surface area contributed by atoms with Crippen LogP contribution in [0.25, 0.3) is 0 Å². The van der Waals surface area contributed by atoms with Gasteiger partial charge in [-0.15, -0.1) is 11.3 Å². The second kappa shape index (κ2) is 9.01. The minimum absolute atomic E-state index is 0.0692. The van der Waals surface area contributed by atoms with Gasteiger partial charge in [0.25, 0.3) is 11.8 Å². The van der Waals surface area contributed by atoms with E-state index in [9.17, 15) is 27.6 Å². The molecule has 28 heavy (non-hydrogen) atoms. The molecule has 2 amide bonds. The van der Waals surface area contributed by atoms with E-state index in [0.29, 0.717) is 5.00 Å². The van der Waals surface area contributed by atoms with Gasteiger partial charge in [0.15, 0.2) is 6.61 Å². The Hall–Kier alpha value is -3.39. The van der Waals surface area contributed by atoms with Crippen molar-refractivity contribution in [1.29, 1.82) is 5.26 Å². The molecule has 1 aromatic heterocycles. The zero-order valence-corrected chi connectivity index (χ0v) is 14.8. The summed E-state index contributed by atoms with van der Waals surface area (Å²) in [5.74, 6) is -2.35. The van der Waals surface area contributed by atoms with Gasteiger partial charge in [0.1, 0.15) is 17.6 Å². The first-order valence-corrected chi connectivity index (χ1v) is 8.47. The molecule has 0 aliphatic carbocycles. The molecule has 0 unspecified atom stereocenters. The van der Waals surface area contributed by atoms with E-state index >= 15 is 0 Å². The van der Waals surface area contributed by atoms with Gasteiger partial charge < -0.3 is 15.4 Å². The molecule has 0 radical (unpaired) electrons. The van der Waals surface area contributed by atoms with Crippen LogP contribution in [-0.2, 0) is 20.5 Å². The number of nitrogens with zero attached hydrogens (tertiary/aromatic N) is 1. The van der Waals surface area contributed by atoms with E-state index in [1.165, 1.54) is 6.07 Å². The average molecular weight is 411 g/mol. The van der Waals surface area contributed by atoms with Gasteiger partial charge in [-0.3, -0.25) is 14.4 Å². The topological polar surface area (TPSA) is 108 Å². The van der Waals surface area contributed by atoms with Crippen molar-refractivity contribution in [3.05, 3.63) is 52.4 Å². The number of hydrogen-bond acceptors (Lipinski definition) is 6. The first-order chi connectivity index (χ1) is 13.2. The van der Waals surface area contributed by atoms with Crippen LogP contribution < -0.4 is 10.6 Å². The van der Waals surface area contributed by atoms with Gasteiger partial charge in [-0.05, 0) is 35.7 Å². The largest absolute Gasteiger partial charge is 0.454 e. The number of ether oxygens (including phenoxy) is 1. The fraction of sp³-hybridized carbons (Fsp3) is 0.176. The molecule has 2 N–H and O–H groups in total. The number of nitrogens with one attached hydrogen (secondary N) is 2. The fourth-order valence-electron chi connectivity index (χ4n) is 1.92. The number of esters is 1. The SMILES string of the molecule is N#Cc1ccsc1NC(=O)COC(=O)CNC(=O)c1ccc(C(F)(F)F)cc1. The van der Waals surface area contributed by atoms with Crippen LogP contribution in [0.4, 0.5) is 18.2 Å². The molecule has 1 aromatic carbocycles. The Kier molecular flexibility index (Phi) is 6.73. The summed E-state index contributed by atoms with van der Waals surface area (Å²) in [6.07, 6.45) is -4.52. The van der Waals surface area contributed by atoms with Crippen molar-refractivity contribution in [1.82, 2.24) is 5.32 Å². The van der Waals surface area contributed by atoms with Crippen molar-refractivity contribution in [3.8, 4) is 6.07 Å². The van der Waals surface area contributed by atoms with E-state index in [1.54, 1.807) is 5.38 Å². The molecule has 0 aliphatic heterocycles. The number of nitriles is 1. The number of hydrogen-bond donors (Lipinski definition) is 2. The summed E-state index contributed by atoms with van der Waals surface area (Å²) in [6, 6.07) is 6.85. The first-order valence-electron chi connectivity index (χ1n) is 7.59. The summed E-state index contributed by atoms with van der Waals surface area (Å²) in [4.78, 5) is 35.1. The lowest BCUT2D eigenvalue weighted by atomic mass is 10.1. The normalized spacial score (nSPS) is 10.6. The zero-order valence-electron chi connectivity index (χ0n) is 14.0. The van der Waals surface area contributed by atoms with Crippen LogP contribution in [-0.4, -0.2) is 30.9 Å². The molecule has 2 aromatic rings. The Morgan fingerprint density at radius 3 is 2.43 bits per heavy atom. The van der Waals surface area contributed by atoms with Crippen molar-refractivity contribution in [2.45, 2.75) is 6.18 Å². The van der Waals surface area contributed by atoms with Crippen LogP contribution in [0.5, 0.6) is 0 Å². The van der Waals surface area contributed by atoms with E-state index in [4.69, 9.17) is 5.26 Å². The van der Waals surface area contributed by atoms with Gasteiger partial charge >= 0.3 is 12.1 Å². The van der Waals surface area contributed by atoms with Crippen LogP contribution in [0, 0.1) is 11.3 Å². The molecule has 1 heterocycles. The van der Waals surface area contributed by atoms with Gasteiger partial charge in [-0.1, -0.05) is 0 Å². The number of anilines is 1. The van der Waals surface area contributed by atoms with E-state index < -0.39 is 42.7 Å². The standard InChI is InChI=1S/C17H12F3N3O4S/c18-17(19,20)12-3-1-10(2-4-12)15(26)22-8-14(25)27-9-13(24)23-16-11(7-21)5-6-28-16/h1-6H,8-9H2,(H,22,26)(H,23,24). The number of thiophene rings is 1. The summed E-state index contributed by atoms with van der Waals surface area (Å²) >= 11 is 1.13. The third kappa shape index (κ3) is 5.82. The number of halogens is 3. The highest BCUT2D eigenvalue weighted by Crippen LogP contribution is 2.29. The molecule has 0 aliphatic rings. The lowest BCUT2D eigenvalue weighted by molar-refractivity contribution is -0.146. The van der Waals surface area contributed by atoms with Crippen LogP contribution in [0.15, 0.2) is 35.7 Å². The molecule has 0 fully saturated rings. The van der Waals surface area contributed by atoms with E-state index in [0.717, 1.165) is 35.6 Å². The second-order valence-corrected chi connectivity index (χ2v) is 6.16. The van der Waals surface area contributed by atoms with Gasteiger partial charge in [0, 0.05) is 5.56 Å². The van der Waals surface area contributed by atoms with Crippen molar-refractivity contribution in [2.24, 2.45) is 0 Å². The third-order valence-electron chi connectivity index (χ3n) is 3.27. The molecule has 0 atom stereocenters. The van der Waals surface area contributed by atoms with Crippen molar-refractivity contribution in [3.63, 3.8) is 0 Å². The Balaban J connectivity index is 1.76. The number of carbonyl (C=O) groups excluding carboxylic acids is 3.